The van der Waals surface area contributed by atoms with Crippen LogP contribution in [-0.4, -0.2) is 63.0 Å². The zero-order valence-corrected chi connectivity index (χ0v) is 18.7. The fourth-order valence-electron chi connectivity index (χ4n) is 2.98. The maximum absolute atomic E-state index is 5.78. The van der Waals surface area contributed by atoms with E-state index in [2.05, 4.69) is 58.4 Å². The SMILES string of the molecule is CN=C(NCc1ccc(N2CC(C)OC(C)C2)nc1)NC(C)COC.I. The van der Waals surface area contributed by atoms with E-state index in [1.165, 1.54) is 0 Å². The lowest BCUT2D eigenvalue weighted by Gasteiger charge is -2.36. The number of halogens is 1. The molecule has 0 bridgehead atoms. The van der Waals surface area contributed by atoms with Crippen LogP contribution in [0.15, 0.2) is 23.3 Å². The molecule has 2 rings (SSSR count). The van der Waals surface area contributed by atoms with Crippen LogP contribution < -0.4 is 15.5 Å². The van der Waals surface area contributed by atoms with E-state index in [9.17, 15) is 0 Å². The molecule has 1 fully saturated rings. The molecule has 0 radical (unpaired) electrons. The number of methoxy groups -OCH3 is 1. The summed E-state index contributed by atoms with van der Waals surface area (Å²) in [6.45, 7) is 9.31. The minimum Gasteiger partial charge on any atom is -0.383 e. The Hall–Kier alpha value is -1.13. The van der Waals surface area contributed by atoms with Crippen molar-refractivity contribution < 1.29 is 9.47 Å². The van der Waals surface area contributed by atoms with Crippen LogP contribution in [0.25, 0.3) is 0 Å². The van der Waals surface area contributed by atoms with Crippen LogP contribution >= 0.6 is 24.0 Å². The van der Waals surface area contributed by atoms with Crippen LogP contribution in [0.4, 0.5) is 5.82 Å². The van der Waals surface area contributed by atoms with Crippen molar-refractivity contribution in [3.05, 3.63) is 23.9 Å². The van der Waals surface area contributed by atoms with Crippen LogP contribution in [0.5, 0.6) is 0 Å². The Balaban J connectivity index is 0.00000338. The zero-order valence-electron chi connectivity index (χ0n) is 16.4. The molecule has 0 saturated carbocycles. The number of nitrogens with one attached hydrogen (secondary N) is 2. The Kier molecular flexibility index (Phi) is 10.2. The first kappa shape index (κ1) is 22.9. The van der Waals surface area contributed by atoms with Crippen molar-refractivity contribution in [3.63, 3.8) is 0 Å². The molecule has 0 aromatic carbocycles. The average Bonchev–Trinajstić information content (AvgIpc) is 2.58. The second-order valence-corrected chi connectivity index (χ2v) is 6.61. The summed E-state index contributed by atoms with van der Waals surface area (Å²) in [5, 5.41) is 6.58. The molecule has 1 saturated heterocycles. The number of anilines is 1. The minimum atomic E-state index is 0. The first-order valence-corrected chi connectivity index (χ1v) is 8.83. The van der Waals surface area contributed by atoms with Crippen LogP contribution in [0.1, 0.15) is 26.3 Å². The van der Waals surface area contributed by atoms with Gasteiger partial charge in [0.2, 0.25) is 0 Å². The van der Waals surface area contributed by atoms with Gasteiger partial charge < -0.3 is 25.0 Å². The van der Waals surface area contributed by atoms with E-state index in [0.717, 1.165) is 30.4 Å². The highest BCUT2D eigenvalue weighted by molar-refractivity contribution is 14.0. The number of ether oxygens (including phenoxy) is 2. The summed E-state index contributed by atoms with van der Waals surface area (Å²) in [7, 11) is 3.45. The number of aromatic nitrogens is 1. The number of aliphatic imine (C=N–C) groups is 1. The van der Waals surface area contributed by atoms with E-state index < -0.39 is 0 Å². The number of nitrogens with zero attached hydrogens (tertiary/aromatic N) is 3. The van der Waals surface area contributed by atoms with Crippen LogP contribution in [0, 0.1) is 0 Å². The molecule has 1 aromatic rings. The molecule has 0 spiro atoms. The molecule has 1 aliphatic rings. The highest BCUT2D eigenvalue weighted by Crippen LogP contribution is 2.18. The summed E-state index contributed by atoms with van der Waals surface area (Å²) in [5.74, 6) is 1.76. The van der Waals surface area contributed by atoms with Gasteiger partial charge in [-0.2, -0.15) is 0 Å². The van der Waals surface area contributed by atoms with Crippen molar-refractivity contribution in [2.75, 3.05) is 38.8 Å². The Morgan fingerprint density at radius 2 is 2.08 bits per heavy atom. The summed E-state index contributed by atoms with van der Waals surface area (Å²) < 4.78 is 10.9. The lowest BCUT2D eigenvalue weighted by Crippen LogP contribution is -2.45. The number of morpholine rings is 1. The molecule has 7 nitrogen and oxygen atoms in total. The third-order valence-electron chi connectivity index (χ3n) is 4.04. The van der Waals surface area contributed by atoms with Gasteiger partial charge in [0, 0.05) is 46.0 Å². The summed E-state index contributed by atoms with van der Waals surface area (Å²) >= 11 is 0. The molecule has 0 aliphatic carbocycles. The van der Waals surface area contributed by atoms with E-state index in [4.69, 9.17) is 9.47 Å². The standard InChI is InChI=1S/C18H31N5O2.HI/c1-13(12-24-5)22-18(19-4)21-9-16-6-7-17(20-8-16)23-10-14(2)25-15(3)11-23;/h6-8,13-15H,9-12H2,1-5H3,(H2,19,21,22);1H. The van der Waals surface area contributed by atoms with Crippen molar-refractivity contribution >= 4 is 35.8 Å². The molecule has 148 valence electrons. The molecular weight excluding hydrogens is 445 g/mol. The van der Waals surface area contributed by atoms with Gasteiger partial charge in [-0.05, 0) is 32.4 Å². The molecule has 0 amide bonds. The first-order valence-electron chi connectivity index (χ1n) is 8.83. The van der Waals surface area contributed by atoms with Gasteiger partial charge in [-0.3, -0.25) is 4.99 Å². The van der Waals surface area contributed by atoms with Gasteiger partial charge in [0.05, 0.1) is 18.8 Å². The fraction of sp³-hybridized carbons (Fsp3) is 0.667. The molecule has 2 N–H and O–H groups in total. The van der Waals surface area contributed by atoms with Crippen LogP contribution in [0.2, 0.25) is 0 Å². The van der Waals surface area contributed by atoms with Gasteiger partial charge in [0.15, 0.2) is 5.96 Å². The molecule has 8 heteroatoms. The van der Waals surface area contributed by atoms with Gasteiger partial charge in [-0.15, -0.1) is 24.0 Å². The lowest BCUT2D eigenvalue weighted by atomic mass is 10.2. The van der Waals surface area contributed by atoms with E-state index in [1.807, 2.05) is 6.20 Å². The fourth-order valence-corrected chi connectivity index (χ4v) is 2.98. The molecule has 1 aromatic heterocycles. The predicted molar refractivity (Wildman–Crippen MR) is 117 cm³/mol. The molecule has 3 unspecified atom stereocenters. The molecule has 26 heavy (non-hydrogen) atoms. The van der Waals surface area contributed by atoms with Crippen molar-refractivity contribution in [2.24, 2.45) is 4.99 Å². The summed E-state index contributed by atoms with van der Waals surface area (Å²) in [5.41, 5.74) is 1.11. The second kappa shape index (κ2) is 11.6. The monoisotopic (exact) mass is 477 g/mol. The third kappa shape index (κ3) is 7.24. The van der Waals surface area contributed by atoms with Crippen molar-refractivity contribution in [1.29, 1.82) is 0 Å². The Bertz CT molecular complexity index is 545. The smallest absolute Gasteiger partial charge is 0.191 e. The Morgan fingerprint density at radius 1 is 1.38 bits per heavy atom. The van der Waals surface area contributed by atoms with Crippen molar-refractivity contribution in [1.82, 2.24) is 15.6 Å². The Morgan fingerprint density at radius 3 is 2.62 bits per heavy atom. The van der Waals surface area contributed by atoms with Gasteiger partial charge in [0.1, 0.15) is 5.82 Å². The van der Waals surface area contributed by atoms with Gasteiger partial charge in [-0.25, -0.2) is 4.98 Å². The third-order valence-corrected chi connectivity index (χ3v) is 4.04. The quantitative estimate of drug-likeness (QED) is 0.371. The van der Waals surface area contributed by atoms with Gasteiger partial charge in [-0.1, -0.05) is 6.07 Å². The minimum absolute atomic E-state index is 0. The normalized spacial score (nSPS) is 21.7. The predicted octanol–water partition coefficient (Wildman–Crippen LogP) is 2.01. The average molecular weight is 477 g/mol. The van der Waals surface area contributed by atoms with Crippen LogP contribution in [0.3, 0.4) is 0 Å². The number of hydrogen-bond donors (Lipinski definition) is 2. The molecular formula is C18H32IN5O2. The molecule has 3 atom stereocenters. The maximum Gasteiger partial charge on any atom is 0.191 e. The van der Waals surface area contributed by atoms with Crippen LogP contribution in [-0.2, 0) is 16.0 Å². The Labute approximate surface area is 174 Å². The summed E-state index contributed by atoms with van der Waals surface area (Å²) in [4.78, 5) is 11.1. The van der Waals surface area contributed by atoms with Crippen molar-refractivity contribution in [2.45, 2.75) is 45.6 Å². The van der Waals surface area contributed by atoms with E-state index in [-0.39, 0.29) is 42.2 Å². The maximum atomic E-state index is 5.78. The highest BCUT2D eigenvalue weighted by Gasteiger charge is 2.22. The summed E-state index contributed by atoms with van der Waals surface area (Å²) in [6, 6.07) is 4.37. The second-order valence-electron chi connectivity index (χ2n) is 6.61. The first-order chi connectivity index (χ1) is 12.0. The number of hydrogen-bond acceptors (Lipinski definition) is 5. The molecule has 1 aliphatic heterocycles. The van der Waals surface area contributed by atoms with Gasteiger partial charge >= 0.3 is 0 Å². The number of pyridine rings is 1. The van der Waals surface area contributed by atoms with Gasteiger partial charge in [0.25, 0.3) is 0 Å². The summed E-state index contributed by atoms with van der Waals surface area (Å²) in [6.07, 6.45) is 2.38. The lowest BCUT2D eigenvalue weighted by molar-refractivity contribution is -0.00545. The van der Waals surface area contributed by atoms with E-state index in [0.29, 0.717) is 13.2 Å². The molecule has 2 heterocycles. The number of guanidine groups is 1. The highest BCUT2D eigenvalue weighted by atomic mass is 127. The van der Waals surface area contributed by atoms with E-state index >= 15 is 0 Å². The van der Waals surface area contributed by atoms with Crippen molar-refractivity contribution in [3.8, 4) is 0 Å². The van der Waals surface area contributed by atoms with E-state index in [1.54, 1.807) is 14.2 Å². The largest absolute Gasteiger partial charge is 0.383 e. The zero-order chi connectivity index (χ0) is 18.2. The number of rotatable bonds is 6. The topological polar surface area (TPSA) is 71.0 Å².